The van der Waals surface area contributed by atoms with Crippen molar-refractivity contribution in [2.24, 2.45) is 5.73 Å². The summed E-state index contributed by atoms with van der Waals surface area (Å²) in [6, 6.07) is 7.95. The number of hydrogen-bond acceptors (Lipinski definition) is 4. The molecule has 0 aliphatic carbocycles. The van der Waals surface area contributed by atoms with Crippen LogP contribution in [0, 0.1) is 0 Å². The monoisotopic (exact) mass is 274 g/mol. The van der Waals surface area contributed by atoms with Gasteiger partial charge >= 0.3 is 0 Å². The Morgan fingerprint density at radius 1 is 1.25 bits per heavy atom. The van der Waals surface area contributed by atoms with Gasteiger partial charge < -0.3 is 10.5 Å². The number of hydrogen-bond donors (Lipinski definition) is 2. The Morgan fingerprint density at radius 2 is 1.90 bits per heavy atom. The number of nitrogens with one attached hydrogen (secondary N) is 1. The third-order valence-corrected chi connectivity index (χ3v) is 3.05. The lowest BCUT2D eigenvalue weighted by atomic mass is 9.87. The normalized spacial score (nSPS) is 13.2. The minimum absolute atomic E-state index is 0.148. The van der Waals surface area contributed by atoms with E-state index in [4.69, 9.17) is 10.5 Å². The number of aromatic amines is 1. The fraction of sp³-hybridized carbons (Fsp3) is 0.467. The van der Waals surface area contributed by atoms with Crippen LogP contribution in [-0.2, 0) is 12.0 Å². The molecule has 0 saturated carbocycles. The van der Waals surface area contributed by atoms with Gasteiger partial charge in [0, 0.05) is 0 Å². The van der Waals surface area contributed by atoms with Crippen LogP contribution in [0.3, 0.4) is 0 Å². The summed E-state index contributed by atoms with van der Waals surface area (Å²) >= 11 is 0. The Bertz CT molecular complexity index is 552. The molecule has 5 heteroatoms. The molecule has 0 radical (unpaired) electrons. The van der Waals surface area contributed by atoms with Gasteiger partial charge in [0.2, 0.25) is 0 Å². The van der Waals surface area contributed by atoms with Gasteiger partial charge in [-0.3, -0.25) is 5.10 Å². The summed E-state index contributed by atoms with van der Waals surface area (Å²) in [5.41, 5.74) is 7.14. The van der Waals surface area contributed by atoms with Crippen molar-refractivity contribution in [2.75, 3.05) is 0 Å². The summed E-state index contributed by atoms with van der Waals surface area (Å²) in [6.07, 6.45) is 0. The lowest BCUT2D eigenvalue weighted by molar-refractivity contribution is 0.296. The summed E-state index contributed by atoms with van der Waals surface area (Å²) in [4.78, 5) is 4.26. The molecule has 0 spiro atoms. The third-order valence-electron chi connectivity index (χ3n) is 3.05. The zero-order chi connectivity index (χ0) is 14.8. The molecule has 1 atom stereocenters. The fourth-order valence-corrected chi connectivity index (χ4v) is 1.78. The summed E-state index contributed by atoms with van der Waals surface area (Å²) in [6.45, 7) is 8.76. The van der Waals surface area contributed by atoms with Gasteiger partial charge in [-0.1, -0.05) is 32.9 Å². The number of nitrogens with zero attached hydrogens (tertiary/aromatic N) is 2. The quantitative estimate of drug-likeness (QED) is 0.898. The molecule has 0 fully saturated rings. The highest BCUT2D eigenvalue weighted by atomic mass is 16.5. The standard InChI is InChI=1S/C15H22N4O/c1-10(16)14-17-13(18-19-14)9-20-12-7-5-11(6-8-12)15(2,3)4/h5-8,10H,9,16H2,1-4H3,(H,17,18,19). The number of aromatic nitrogens is 3. The van der Waals surface area contributed by atoms with E-state index in [0.29, 0.717) is 18.3 Å². The highest BCUT2D eigenvalue weighted by molar-refractivity contribution is 5.31. The van der Waals surface area contributed by atoms with E-state index in [9.17, 15) is 0 Å². The van der Waals surface area contributed by atoms with Crippen LogP contribution in [0.1, 0.15) is 50.9 Å². The van der Waals surface area contributed by atoms with Crippen molar-refractivity contribution in [1.29, 1.82) is 0 Å². The van der Waals surface area contributed by atoms with Crippen molar-refractivity contribution in [3.8, 4) is 5.75 Å². The zero-order valence-electron chi connectivity index (χ0n) is 12.5. The highest BCUT2D eigenvalue weighted by Gasteiger charge is 2.13. The molecule has 0 aliphatic rings. The van der Waals surface area contributed by atoms with E-state index < -0.39 is 0 Å². The second-order valence-corrected chi connectivity index (χ2v) is 5.99. The average Bonchev–Trinajstić information content (AvgIpc) is 2.85. The van der Waals surface area contributed by atoms with E-state index in [2.05, 4.69) is 48.1 Å². The number of benzene rings is 1. The van der Waals surface area contributed by atoms with Gasteiger partial charge in [-0.2, -0.15) is 5.10 Å². The minimum Gasteiger partial charge on any atom is -0.486 e. The Hall–Kier alpha value is -1.88. The maximum absolute atomic E-state index is 5.71. The molecule has 3 N–H and O–H groups in total. The molecule has 0 aliphatic heterocycles. The third kappa shape index (κ3) is 3.57. The second-order valence-electron chi connectivity index (χ2n) is 5.99. The Morgan fingerprint density at radius 3 is 2.40 bits per heavy atom. The molecule has 0 bridgehead atoms. The summed E-state index contributed by atoms with van der Waals surface area (Å²) in [5.74, 6) is 2.10. The molecular weight excluding hydrogens is 252 g/mol. The van der Waals surface area contributed by atoms with Crippen LogP contribution in [0.4, 0.5) is 0 Å². The molecule has 1 aromatic carbocycles. The van der Waals surface area contributed by atoms with Crippen molar-refractivity contribution in [1.82, 2.24) is 15.2 Å². The first-order valence-corrected chi connectivity index (χ1v) is 6.76. The number of H-pyrrole nitrogens is 1. The predicted molar refractivity (Wildman–Crippen MR) is 78.5 cm³/mol. The van der Waals surface area contributed by atoms with Gasteiger partial charge in [-0.25, -0.2) is 4.98 Å². The topological polar surface area (TPSA) is 76.8 Å². The van der Waals surface area contributed by atoms with E-state index >= 15 is 0 Å². The molecule has 0 amide bonds. The lowest BCUT2D eigenvalue weighted by Crippen LogP contribution is -2.10. The molecule has 1 aromatic heterocycles. The lowest BCUT2D eigenvalue weighted by Gasteiger charge is -2.19. The summed E-state index contributed by atoms with van der Waals surface area (Å²) in [5, 5.41) is 6.86. The van der Waals surface area contributed by atoms with Crippen LogP contribution in [0.25, 0.3) is 0 Å². The van der Waals surface area contributed by atoms with Gasteiger partial charge in [0.15, 0.2) is 11.6 Å². The molecule has 0 saturated heterocycles. The molecule has 5 nitrogen and oxygen atoms in total. The summed E-state index contributed by atoms with van der Waals surface area (Å²) < 4.78 is 5.68. The first kappa shape index (κ1) is 14.5. The van der Waals surface area contributed by atoms with Gasteiger partial charge in [-0.05, 0) is 30.0 Å². The molecule has 1 heterocycles. The molecule has 2 rings (SSSR count). The van der Waals surface area contributed by atoms with Crippen molar-refractivity contribution in [3.05, 3.63) is 41.5 Å². The predicted octanol–water partition coefficient (Wildman–Crippen LogP) is 2.70. The molecule has 2 aromatic rings. The van der Waals surface area contributed by atoms with Crippen LogP contribution in [0.5, 0.6) is 5.75 Å². The van der Waals surface area contributed by atoms with E-state index in [1.54, 1.807) is 0 Å². The second kappa shape index (κ2) is 5.63. The van der Waals surface area contributed by atoms with E-state index in [-0.39, 0.29) is 11.5 Å². The maximum Gasteiger partial charge on any atom is 0.167 e. The smallest absolute Gasteiger partial charge is 0.167 e. The summed E-state index contributed by atoms with van der Waals surface area (Å²) in [7, 11) is 0. The van der Waals surface area contributed by atoms with E-state index in [1.165, 1.54) is 5.56 Å². The van der Waals surface area contributed by atoms with E-state index in [0.717, 1.165) is 5.75 Å². The van der Waals surface area contributed by atoms with Crippen molar-refractivity contribution < 1.29 is 4.74 Å². The maximum atomic E-state index is 5.71. The minimum atomic E-state index is -0.175. The van der Waals surface area contributed by atoms with Crippen LogP contribution in [0.15, 0.2) is 24.3 Å². The van der Waals surface area contributed by atoms with Crippen molar-refractivity contribution >= 4 is 0 Å². The van der Waals surface area contributed by atoms with Crippen molar-refractivity contribution in [3.63, 3.8) is 0 Å². The van der Waals surface area contributed by atoms with Gasteiger partial charge in [0.1, 0.15) is 12.4 Å². The van der Waals surface area contributed by atoms with Crippen LogP contribution < -0.4 is 10.5 Å². The van der Waals surface area contributed by atoms with Crippen LogP contribution in [0.2, 0.25) is 0 Å². The number of rotatable bonds is 4. The van der Waals surface area contributed by atoms with Crippen molar-refractivity contribution in [2.45, 2.75) is 45.8 Å². The van der Waals surface area contributed by atoms with Gasteiger partial charge in [0.25, 0.3) is 0 Å². The Kier molecular flexibility index (Phi) is 4.09. The Labute approximate surface area is 119 Å². The SMILES string of the molecule is CC(N)c1n[nH]c(COc2ccc(C(C)(C)C)cc2)n1. The first-order valence-electron chi connectivity index (χ1n) is 6.76. The fourth-order valence-electron chi connectivity index (χ4n) is 1.78. The van der Waals surface area contributed by atoms with E-state index in [1.807, 2.05) is 19.1 Å². The highest BCUT2D eigenvalue weighted by Crippen LogP contribution is 2.24. The first-order chi connectivity index (χ1) is 9.36. The molecule has 20 heavy (non-hydrogen) atoms. The average molecular weight is 274 g/mol. The number of ether oxygens (including phenoxy) is 1. The molecular formula is C15H22N4O. The van der Waals surface area contributed by atoms with Crippen LogP contribution >= 0.6 is 0 Å². The van der Waals surface area contributed by atoms with Crippen LogP contribution in [-0.4, -0.2) is 15.2 Å². The molecule has 1 unspecified atom stereocenters. The Balaban J connectivity index is 1.97. The van der Waals surface area contributed by atoms with Gasteiger partial charge in [-0.15, -0.1) is 0 Å². The number of nitrogens with two attached hydrogens (primary N) is 1. The zero-order valence-corrected chi connectivity index (χ0v) is 12.5. The largest absolute Gasteiger partial charge is 0.486 e. The molecule has 108 valence electrons. The van der Waals surface area contributed by atoms with Gasteiger partial charge in [0.05, 0.1) is 6.04 Å².